The molecule has 0 aromatic heterocycles. The summed E-state index contributed by atoms with van der Waals surface area (Å²) in [6, 6.07) is 0. The molecule has 0 atom stereocenters. The molecule has 0 saturated heterocycles. The molecule has 0 radical (unpaired) electrons. The summed E-state index contributed by atoms with van der Waals surface area (Å²) < 4.78 is 0. The Morgan fingerprint density at radius 1 is 0.462 bits per heavy atom. The molecule has 0 saturated carbocycles. The summed E-state index contributed by atoms with van der Waals surface area (Å²) in [5, 5.41) is 21.5. The second-order valence-corrected chi connectivity index (χ2v) is 0.346. The van der Waals surface area contributed by atoms with Gasteiger partial charge in [0.2, 0.25) is 0 Å². The van der Waals surface area contributed by atoms with Crippen molar-refractivity contribution < 1.29 is 58.9 Å². The van der Waals surface area contributed by atoms with Crippen LogP contribution in [0.4, 0.5) is 0 Å². The molecule has 0 fully saturated rings. The van der Waals surface area contributed by atoms with Gasteiger partial charge in [-0.15, -0.1) is 0 Å². The molecule has 0 aromatic rings. The van der Waals surface area contributed by atoms with Gasteiger partial charge in [-0.3, -0.25) is 0 Å². The van der Waals surface area contributed by atoms with Crippen molar-refractivity contribution in [1.82, 2.24) is 0 Å². The molecular formula is H20BNaO11. The molecule has 90 valence electrons. The minimum absolute atomic E-state index is 0. The molecule has 11 nitrogen and oxygen atoms in total. The van der Waals surface area contributed by atoms with Gasteiger partial charge in [0.15, 0.2) is 0 Å². The fourth-order valence-corrected chi connectivity index (χ4v) is 0. The van der Waals surface area contributed by atoms with Crippen molar-refractivity contribution in [3.05, 3.63) is 0 Å². The van der Waals surface area contributed by atoms with E-state index in [-0.39, 0.29) is 73.4 Å². The van der Waals surface area contributed by atoms with Crippen LogP contribution in [0.15, 0.2) is 0 Å². The SMILES string of the molecule is O.O.O.O.O.O.O.O.OB(O)O.[NaH]. The van der Waals surface area contributed by atoms with E-state index in [0.717, 1.165) is 0 Å². The average molecular weight is 230 g/mol. The molecule has 0 bridgehead atoms. The third-order valence-corrected chi connectivity index (χ3v) is 0. The van der Waals surface area contributed by atoms with Crippen LogP contribution in [0, 0.1) is 0 Å². The molecule has 13 heteroatoms. The Morgan fingerprint density at radius 3 is 0.462 bits per heavy atom. The standard InChI is InChI=1S/BH3O3.Na.8H2O.H/c2-1(3)4;;;;;;;;;;/h2-4H;;8*1H2;. The fraction of sp³-hybridized carbons (Fsp3) is 0. The Balaban J connectivity index is -0.00000000125. The zero-order chi connectivity index (χ0) is 3.58. The van der Waals surface area contributed by atoms with Crippen molar-refractivity contribution in [2.45, 2.75) is 0 Å². The van der Waals surface area contributed by atoms with Crippen LogP contribution in [0.1, 0.15) is 0 Å². The van der Waals surface area contributed by atoms with Crippen LogP contribution in [-0.2, 0) is 0 Å². The van der Waals surface area contributed by atoms with Gasteiger partial charge in [-0.2, -0.15) is 0 Å². The van der Waals surface area contributed by atoms with Gasteiger partial charge in [0.25, 0.3) is 0 Å². The van der Waals surface area contributed by atoms with E-state index < -0.39 is 7.32 Å². The van der Waals surface area contributed by atoms with Crippen LogP contribution in [-0.4, -0.2) is 95.8 Å². The number of hydrogen-bond acceptors (Lipinski definition) is 3. The van der Waals surface area contributed by atoms with Crippen LogP contribution in [0.3, 0.4) is 0 Å². The van der Waals surface area contributed by atoms with Gasteiger partial charge in [0, 0.05) is 0 Å². The van der Waals surface area contributed by atoms with Crippen LogP contribution in [0.2, 0.25) is 0 Å². The average Bonchev–Trinajstić information content (AvgIpc) is 0.811. The first-order chi connectivity index (χ1) is 1.73. The van der Waals surface area contributed by atoms with Crippen molar-refractivity contribution in [3.8, 4) is 0 Å². The van der Waals surface area contributed by atoms with Crippen LogP contribution in [0.25, 0.3) is 0 Å². The van der Waals surface area contributed by atoms with E-state index in [4.69, 9.17) is 15.1 Å². The Bertz CT molecular complexity index is 14.8. The van der Waals surface area contributed by atoms with E-state index >= 15 is 0 Å². The molecule has 0 unspecified atom stereocenters. The molecule has 0 amide bonds. The maximum atomic E-state index is 7.17. The fourth-order valence-electron chi connectivity index (χ4n) is 0. The van der Waals surface area contributed by atoms with Crippen LogP contribution < -0.4 is 0 Å². The van der Waals surface area contributed by atoms with E-state index in [1.807, 2.05) is 0 Å². The molecule has 19 N–H and O–H groups in total. The summed E-state index contributed by atoms with van der Waals surface area (Å²) >= 11 is 0. The predicted molar refractivity (Wildman–Crippen MR) is 48.5 cm³/mol. The molecule has 13 heavy (non-hydrogen) atoms. The van der Waals surface area contributed by atoms with E-state index in [0.29, 0.717) is 0 Å². The Morgan fingerprint density at radius 2 is 0.462 bits per heavy atom. The minimum atomic E-state index is -2.17. The van der Waals surface area contributed by atoms with Crippen LogP contribution >= 0.6 is 0 Å². The Labute approximate surface area is 95.9 Å². The third-order valence-electron chi connectivity index (χ3n) is 0. The Hall–Kier alpha value is 0.625. The summed E-state index contributed by atoms with van der Waals surface area (Å²) in [5.41, 5.74) is 0. The second-order valence-electron chi connectivity index (χ2n) is 0.346. The summed E-state index contributed by atoms with van der Waals surface area (Å²) in [5.74, 6) is 0. The van der Waals surface area contributed by atoms with Gasteiger partial charge in [-0.1, -0.05) is 0 Å². The van der Waals surface area contributed by atoms with Crippen LogP contribution in [0.5, 0.6) is 0 Å². The molecule has 0 aliphatic carbocycles. The third kappa shape index (κ3) is 3650. The van der Waals surface area contributed by atoms with Gasteiger partial charge < -0.3 is 58.9 Å². The second kappa shape index (κ2) is 130. The quantitative estimate of drug-likeness (QED) is 0.341. The van der Waals surface area contributed by atoms with Crippen molar-refractivity contribution in [1.29, 1.82) is 0 Å². The van der Waals surface area contributed by atoms with Crippen molar-refractivity contribution in [2.24, 2.45) is 0 Å². The van der Waals surface area contributed by atoms with Crippen molar-refractivity contribution >= 4 is 36.9 Å². The monoisotopic (exact) mass is 230 g/mol. The van der Waals surface area contributed by atoms with Crippen molar-refractivity contribution in [3.63, 3.8) is 0 Å². The van der Waals surface area contributed by atoms with Gasteiger partial charge in [0.1, 0.15) is 0 Å². The van der Waals surface area contributed by atoms with E-state index in [1.54, 1.807) is 0 Å². The number of hydrogen-bond donors (Lipinski definition) is 3. The molecule has 0 rings (SSSR count). The van der Waals surface area contributed by atoms with Gasteiger partial charge in [-0.05, 0) is 0 Å². The first-order valence-electron chi connectivity index (χ1n) is 0.775. The number of rotatable bonds is 0. The van der Waals surface area contributed by atoms with E-state index in [1.165, 1.54) is 0 Å². The topological polar surface area (TPSA) is 313 Å². The first-order valence-corrected chi connectivity index (χ1v) is 0.775. The predicted octanol–water partition coefficient (Wildman–Crippen LogP) is -9.30. The van der Waals surface area contributed by atoms with Gasteiger partial charge in [0.05, 0.1) is 0 Å². The van der Waals surface area contributed by atoms with Gasteiger partial charge >= 0.3 is 36.9 Å². The first kappa shape index (κ1) is 165. The summed E-state index contributed by atoms with van der Waals surface area (Å²) in [7, 11) is -2.17. The molecule has 0 heterocycles. The molecule has 0 aliphatic heterocycles. The zero-order valence-corrected chi connectivity index (χ0v) is 5.92. The molecular weight excluding hydrogens is 210 g/mol. The zero-order valence-electron chi connectivity index (χ0n) is 5.92. The normalized spacial score (nSPS) is 2.08. The van der Waals surface area contributed by atoms with Crippen molar-refractivity contribution in [2.75, 3.05) is 0 Å². The Kier molecular flexibility index (Phi) is 1650. The van der Waals surface area contributed by atoms with Gasteiger partial charge in [-0.25, -0.2) is 0 Å². The summed E-state index contributed by atoms with van der Waals surface area (Å²) in [4.78, 5) is 0. The summed E-state index contributed by atoms with van der Waals surface area (Å²) in [6.07, 6.45) is 0. The molecule has 0 aromatic carbocycles. The van der Waals surface area contributed by atoms with E-state index in [2.05, 4.69) is 0 Å². The molecule has 0 spiro atoms. The maximum absolute atomic E-state index is 7.17. The van der Waals surface area contributed by atoms with E-state index in [9.17, 15) is 0 Å². The summed E-state index contributed by atoms with van der Waals surface area (Å²) in [6.45, 7) is 0. The molecule has 0 aliphatic rings.